The van der Waals surface area contributed by atoms with E-state index in [0.29, 0.717) is 5.92 Å². The average Bonchev–Trinajstić information content (AvgIpc) is 2.62. The Morgan fingerprint density at radius 3 is 2.53 bits per heavy atom. The van der Waals surface area contributed by atoms with E-state index in [9.17, 15) is 0 Å². The van der Waals surface area contributed by atoms with Crippen LogP contribution in [-0.4, -0.2) is 8.32 Å². The van der Waals surface area contributed by atoms with Gasteiger partial charge in [0.25, 0.3) is 0 Å². The Balaban J connectivity index is 2.76. The summed E-state index contributed by atoms with van der Waals surface area (Å²) in [6.45, 7) is 17.3. The zero-order valence-electron chi connectivity index (χ0n) is 12.2. The second-order valence-corrected chi connectivity index (χ2v) is 11.2. The molecule has 2 heteroatoms. The molecule has 17 heavy (non-hydrogen) atoms. The molecule has 0 fully saturated rings. The summed E-state index contributed by atoms with van der Waals surface area (Å²) < 4.78 is 6.33. The molecule has 0 aromatic carbocycles. The molecule has 0 bridgehead atoms. The van der Waals surface area contributed by atoms with Crippen LogP contribution < -0.4 is 0 Å². The molecule has 0 aromatic heterocycles. The summed E-state index contributed by atoms with van der Waals surface area (Å²) in [5.74, 6) is 1.68. The molecule has 0 spiro atoms. The molecule has 1 atom stereocenters. The first-order valence-electron chi connectivity index (χ1n) is 6.43. The summed E-state index contributed by atoms with van der Waals surface area (Å²) >= 11 is 0. The van der Waals surface area contributed by atoms with Crippen molar-refractivity contribution in [1.82, 2.24) is 0 Å². The van der Waals surface area contributed by atoms with Crippen LogP contribution >= 0.6 is 0 Å². The molecule has 0 heterocycles. The van der Waals surface area contributed by atoms with E-state index in [4.69, 9.17) is 4.43 Å². The van der Waals surface area contributed by atoms with Gasteiger partial charge in [0.1, 0.15) is 0 Å². The molecule has 1 aliphatic rings. The Bertz CT molecular complexity index is 365. The quantitative estimate of drug-likeness (QED) is 0.504. The number of hydrogen-bond acceptors (Lipinski definition) is 1. The normalized spacial score (nSPS) is 20.8. The highest BCUT2D eigenvalue weighted by molar-refractivity contribution is 6.74. The van der Waals surface area contributed by atoms with Gasteiger partial charge in [-0.2, -0.15) is 0 Å². The van der Waals surface area contributed by atoms with Gasteiger partial charge in [-0.1, -0.05) is 27.4 Å². The van der Waals surface area contributed by atoms with Crippen molar-refractivity contribution >= 4 is 8.32 Å². The van der Waals surface area contributed by atoms with Gasteiger partial charge in [0.15, 0.2) is 0 Å². The van der Waals surface area contributed by atoms with E-state index in [1.165, 1.54) is 11.3 Å². The van der Waals surface area contributed by atoms with Gasteiger partial charge in [0, 0.05) is 12.3 Å². The molecule has 96 valence electrons. The fraction of sp³-hybridized carbons (Fsp3) is 0.667. The van der Waals surface area contributed by atoms with Crippen molar-refractivity contribution < 1.29 is 4.43 Å². The molecule has 0 N–H and O–H groups in total. The molecule has 1 nitrogen and oxygen atoms in total. The summed E-state index contributed by atoms with van der Waals surface area (Å²) in [5, 5.41) is 0.273. The van der Waals surface area contributed by atoms with Crippen LogP contribution in [0.25, 0.3) is 0 Å². The number of hydrogen-bond donors (Lipinski definition) is 0. The second-order valence-electron chi connectivity index (χ2n) is 6.50. The Morgan fingerprint density at radius 1 is 1.47 bits per heavy atom. The second kappa shape index (κ2) is 4.87. The molecular weight excluding hydrogens is 224 g/mol. The van der Waals surface area contributed by atoms with E-state index in [1.54, 1.807) is 0 Å². The van der Waals surface area contributed by atoms with E-state index in [-0.39, 0.29) is 5.04 Å². The lowest BCUT2D eigenvalue weighted by Crippen LogP contribution is -2.40. The minimum absolute atomic E-state index is 0.273. The standard InChI is InChI=1S/C15H26OSi/c1-8-12(2)13-9-10-14(11-13)16-17(6,7)15(3,4)5/h11,13H,1,9-10H2,2-7H3. The molecule has 0 radical (unpaired) electrons. The molecule has 0 saturated carbocycles. The SMILES string of the molecule is C=C=C(C)C1C=C(O[Si](C)(C)C(C)(C)C)CC1. The zero-order chi connectivity index (χ0) is 13.3. The van der Waals surface area contributed by atoms with E-state index in [0.717, 1.165) is 12.8 Å². The Labute approximate surface area is 107 Å². The van der Waals surface area contributed by atoms with Crippen LogP contribution in [0.4, 0.5) is 0 Å². The molecule has 0 aromatic rings. The van der Waals surface area contributed by atoms with Crippen LogP contribution in [0.1, 0.15) is 40.5 Å². The van der Waals surface area contributed by atoms with Crippen LogP contribution in [-0.2, 0) is 4.43 Å². The van der Waals surface area contributed by atoms with Gasteiger partial charge in [0.2, 0.25) is 8.32 Å². The van der Waals surface area contributed by atoms with Crippen LogP contribution in [0.15, 0.2) is 29.7 Å². The minimum atomic E-state index is -1.66. The molecule has 1 unspecified atom stereocenters. The highest BCUT2D eigenvalue weighted by Gasteiger charge is 2.40. The topological polar surface area (TPSA) is 9.23 Å². The fourth-order valence-corrected chi connectivity index (χ4v) is 2.86. The zero-order valence-corrected chi connectivity index (χ0v) is 13.2. The van der Waals surface area contributed by atoms with Gasteiger partial charge >= 0.3 is 0 Å². The van der Waals surface area contributed by atoms with Crippen molar-refractivity contribution in [3.8, 4) is 0 Å². The van der Waals surface area contributed by atoms with Crippen molar-refractivity contribution in [1.29, 1.82) is 0 Å². The van der Waals surface area contributed by atoms with Crippen molar-refractivity contribution in [3.05, 3.63) is 29.7 Å². The first-order valence-corrected chi connectivity index (χ1v) is 9.34. The maximum Gasteiger partial charge on any atom is 0.250 e. The van der Waals surface area contributed by atoms with Gasteiger partial charge in [-0.25, -0.2) is 0 Å². The molecular formula is C15H26OSi. The summed E-state index contributed by atoms with van der Waals surface area (Å²) in [4.78, 5) is 0. The van der Waals surface area contributed by atoms with Crippen LogP contribution in [0.5, 0.6) is 0 Å². The highest BCUT2D eigenvalue weighted by Crippen LogP contribution is 2.40. The lowest BCUT2D eigenvalue weighted by Gasteiger charge is -2.36. The predicted octanol–water partition coefficient (Wildman–Crippen LogP) is 5.03. The van der Waals surface area contributed by atoms with E-state index in [2.05, 4.69) is 59.2 Å². The number of rotatable bonds is 3. The molecule has 0 amide bonds. The van der Waals surface area contributed by atoms with Crippen LogP contribution in [0.3, 0.4) is 0 Å². The van der Waals surface area contributed by atoms with Crippen molar-refractivity contribution in [2.45, 2.75) is 58.7 Å². The summed E-state index contributed by atoms with van der Waals surface area (Å²) in [6, 6.07) is 0. The monoisotopic (exact) mass is 250 g/mol. The molecule has 0 saturated heterocycles. The third-order valence-electron chi connectivity index (χ3n) is 4.12. The molecule has 0 aliphatic heterocycles. The summed E-state index contributed by atoms with van der Waals surface area (Å²) in [6.07, 6.45) is 4.49. The van der Waals surface area contributed by atoms with Gasteiger partial charge < -0.3 is 4.43 Å². The molecule has 1 rings (SSSR count). The Hall–Kier alpha value is -0.723. The van der Waals surface area contributed by atoms with Gasteiger partial charge in [0.05, 0.1) is 5.76 Å². The fourth-order valence-electron chi connectivity index (χ4n) is 1.73. The molecule has 1 aliphatic carbocycles. The van der Waals surface area contributed by atoms with Gasteiger partial charge in [-0.3, -0.25) is 0 Å². The van der Waals surface area contributed by atoms with E-state index in [1.807, 2.05) is 0 Å². The summed E-state index contributed by atoms with van der Waals surface area (Å²) in [5.41, 5.74) is 4.23. The highest BCUT2D eigenvalue weighted by atomic mass is 28.4. The average molecular weight is 250 g/mol. The van der Waals surface area contributed by atoms with Gasteiger partial charge in [-0.15, -0.1) is 5.73 Å². The summed E-state index contributed by atoms with van der Waals surface area (Å²) in [7, 11) is -1.66. The lowest BCUT2D eigenvalue weighted by atomic mass is 10.0. The largest absolute Gasteiger partial charge is 0.547 e. The third kappa shape index (κ3) is 3.37. The van der Waals surface area contributed by atoms with E-state index >= 15 is 0 Å². The lowest BCUT2D eigenvalue weighted by molar-refractivity contribution is 0.373. The van der Waals surface area contributed by atoms with E-state index < -0.39 is 8.32 Å². The maximum absolute atomic E-state index is 6.33. The number of allylic oxidation sites excluding steroid dienone is 3. The first kappa shape index (κ1) is 14.3. The minimum Gasteiger partial charge on any atom is -0.547 e. The Morgan fingerprint density at radius 2 is 2.06 bits per heavy atom. The smallest absolute Gasteiger partial charge is 0.250 e. The third-order valence-corrected chi connectivity index (χ3v) is 8.50. The van der Waals surface area contributed by atoms with Gasteiger partial charge in [-0.05, 0) is 43.1 Å². The van der Waals surface area contributed by atoms with Crippen molar-refractivity contribution in [2.75, 3.05) is 0 Å². The Kier molecular flexibility index (Phi) is 4.11. The predicted molar refractivity (Wildman–Crippen MR) is 77.4 cm³/mol. The van der Waals surface area contributed by atoms with Crippen molar-refractivity contribution in [2.24, 2.45) is 5.92 Å². The van der Waals surface area contributed by atoms with Crippen molar-refractivity contribution in [3.63, 3.8) is 0 Å². The van der Waals surface area contributed by atoms with Crippen LogP contribution in [0, 0.1) is 5.92 Å². The first-order chi connectivity index (χ1) is 7.67. The maximum atomic E-state index is 6.33. The van der Waals surface area contributed by atoms with Crippen LogP contribution in [0.2, 0.25) is 18.1 Å².